The molecular formula is C14H22ClNOS. The van der Waals surface area contributed by atoms with Gasteiger partial charge in [-0.1, -0.05) is 37.6 Å². The molecule has 0 amide bonds. The molecule has 0 atom stereocenters. The average Bonchev–Trinajstić information content (AvgIpc) is 2.37. The number of thioether (sulfide) groups is 1. The molecule has 0 aliphatic heterocycles. The maximum atomic E-state index is 6.20. The van der Waals surface area contributed by atoms with Crippen LogP contribution in [0.2, 0.25) is 5.02 Å². The van der Waals surface area contributed by atoms with E-state index in [1.807, 2.05) is 23.9 Å². The molecule has 0 radical (unpaired) electrons. The van der Waals surface area contributed by atoms with Gasteiger partial charge in [0, 0.05) is 17.9 Å². The number of rotatable bonds is 9. The van der Waals surface area contributed by atoms with Crippen LogP contribution < -0.4 is 10.1 Å². The largest absolute Gasteiger partial charge is 0.491 e. The molecule has 4 heteroatoms. The molecule has 1 rings (SSSR count). The number of para-hydroxylation sites is 1. The first-order valence-corrected chi connectivity index (χ1v) is 8.01. The Morgan fingerprint density at radius 2 is 2.17 bits per heavy atom. The van der Waals surface area contributed by atoms with Gasteiger partial charge >= 0.3 is 0 Å². The molecule has 1 N–H and O–H groups in total. The van der Waals surface area contributed by atoms with Crippen molar-refractivity contribution in [2.24, 2.45) is 0 Å². The second kappa shape index (κ2) is 9.54. The molecule has 0 heterocycles. The highest BCUT2D eigenvalue weighted by Crippen LogP contribution is 2.28. The number of ether oxygens (including phenoxy) is 1. The fourth-order valence-electron chi connectivity index (χ4n) is 1.60. The van der Waals surface area contributed by atoms with Crippen LogP contribution in [0.1, 0.15) is 25.8 Å². The van der Waals surface area contributed by atoms with Crippen LogP contribution in [0.15, 0.2) is 18.2 Å². The van der Waals surface area contributed by atoms with E-state index in [2.05, 4.69) is 25.2 Å². The van der Waals surface area contributed by atoms with Crippen LogP contribution in [-0.4, -0.2) is 24.7 Å². The third kappa shape index (κ3) is 5.51. The zero-order valence-electron chi connectivity index (χ0n) is 11.2. The SMILES string of the molecule is CCCNCc1cccc(Cl)c1OCCSCC. The van der Waals surface area contributed by atoms with Gasteiger partial charge in [0.15, 0.2) is 0 Å². The lowest BCUT2D eigenvalue weighted by atomic mass is 10.2. The maximum absolute atomic E-state index is 6.20. The lowest BCUT2D eigenvalue weighted by Crippen LogP contribution is -2.15. The third-order valence-corrected chi connectivity index (χ3v) is 3.63. The zero-order valence-corrected chi connectivity index (χ0v) is 12.7. The van der Waals surface area contributed by atoms with Crippen LogP contribution in [0.25, 0.3) is 0 Å². The molecule has 102 valence electrons. The zero-order chi connectivity index (χ0) is 13.2. The van der Waals surface area contributed by atoms with Crippen molar-refractivity contribution in [3.63, 3.8) is 0 Å². The fourth-order valence-corrected chi connectivity index (χ4v) is 2.34. The Labute approximate surface area is 119 Å². The van der Waals surface area contributed by atoms with Gasteiger partial charge in [-0.15, -0.1) is 0 Å². The molecule has 0 saturated heterocycles. The Kier molecular flexibility index (Phi) is 8.31. The summed E-state index contributed by atoms with van der Waals surface area (Å²) in [5, 5.41) is 4.08. The van der Waals surface area contributed by atoms with E-state index >= 15 is 0 Å². The summed E-state index contributed by atoms with van der Waals surface area (Å²) in [7, 11) is 0. The molecule has 0 spiro atoms. The number of benzene rings is 1. The molecular weight excluding hydrogens is 266 g/mol. The standard InChI is InChI=1S/C14H22ClNOS/c1-3-8-16-11-12-6-5-7-13(15)14(12)17-9-10-18-4-2/h5-7,16H,3-4,8-11H2,1-2H3. The highest BCUT2D eigenvalue weighted by Gasteiger charge is 2.07. The quantitative estimate of drug-likeness (QED) is 0.695. The predicted molar refractivity (Wildman–Crippen MR) is 81.9 cm³/mol. The second-order valence-electron chi connectivity index (χ2n) is 3.95. The van der Waals surface area contributed by atoms with Crippen molar-refractivity contribution in [3.8, 4) is 5.75 Å². The van der Waals surface area contributed by atoms with Crippen LogP contribution in [0.4, 0.5) is 0 Å². The first-order chi connectivity index (χ1) is 8.79. The normalized spacial score (nSPS) is 10.6. The van der Waals surface area contributed by atoms with Gasteiger partial charge in [0.2, 0.25) is 0 Å². The highest BCUT2D eigenvalue weighted by atomic mass is 35.5. The van der Waals surface area contributed by atoms with Crippen LogP contribution >= 0.6 is 23.4 Å². The van der Waals surface area contributed by atoms with Crippen molar-refractivity contribution >= 4 is 23.4 Å². The van der Waals surface area contributed by atoms with Gasteiger partial charge in [0.25, 0.3) is 0 Å². The Hall–Kier alpha value is -0.380. The predicted octanol–water partition coefficient (Wildman–Crippen LogP) is 3.97. The van der Waals surface area contributed by atoms with Crippen molar-refractivity contribution in [2.45, 2.75) is 26.8 Å². The first kappa shape index (κ1) is 15.7. The Morgan fingerprint density at radius 1 is 1.33 bits per heavy atom. The van der Waals surface area contributed by atoms with Gasteiger partial charge < -0.3 is 10.1 Å². The Morgan fingerprint density at radius 3 is 2.89 bits per heavy atom. The topological polar surface area (TPSA) is 21.3 Å². The lowest BCUT2D eigenvalue weighted by Gasteiger charge is -2.13. The average molecular weight is 288 g/mol. The van der Waals surface area contributed by atoms with E-state index in [1.54, 1.807) is 0 Å². The summed E-state index contributed by atoms with van der Waals surface area (Å²) < 4.78 is 5.81. The van der Waals surface area contributed by atoms with E-state index in [-0.39, 0.29) is 0 Å². The molecule has 1 aromatic rings. The van der Waals surface area contributed by atoms with Gasteiger partial charge in [0.05, 0.1) is 11.6 Å². The van der Waals surface area contributed by atoms with E-state index in [4.69, 9.17) is 16.3 Å². The van der Waals surface area contributed by atoms with Crippen LogP contribution in [0.3, 0.4) is 0 Å². The minimum atomic E-state index is 0.701. The van der Waals surface area contributed by atoms with Crippen LogP contribution in [0.5, 0.6) is 5.75 Å². The molecule has 0 unspecified atom stereocenters. The number of nitrogens with one attached hydrogen (secondary N) is 1. The molecule has 0 aliphatic rings. The molecule has 0 fully saturated rings. The minimum Gasteiger partial charge on any atom is -0.491 e. The summed E-state index contributed by atoms with van der Waals surface area (Å²) in [4.78, 5) is 0. The van der Waals surface area contributed by atoms with Gasteiger partial charge in [-0.05, 0) is 24.8 Å². The fraction of sp³-hybridized carbons (Fsp3) is 0.571. The van der Waals surface area contributed by atoms with Crippen molar-refractivity contribution < 1.29 is 4.74 Å². The smallest absolute Gasteiger partial charge is 0.142 e. The van der Waals surface area contributed by atoms with E-state index in [1.165, 1.54) is 0 Å². The van der Waals surface area contributed by atoms with Crippen molar-refractivity contribution in [3.05, 3.63) is 28.8 Å². The molecule has 0 aliphatic carbocycles. The van der Waals surface area contributed by atoms with E-state index in [0.29, 0.717) is 11.6 Å². The minimum absolute atomic E-state index is 0.701. The van der Waals surface area contributed by atoms with E-state index in [0.717, 1.165) is 42.3 Å². The van der Waals surface area contributed by atoms with Gasteiger partial charge in [-0.3, -0.25) is 0 Å². The second-order valence-corrected chi connectivity index (χ2v) is 5.75. The summed E-state index contributed by atoms with van der Waals surface area (Å²) in [6.07, 6.45) is 1.13. The monoisotopic (exact) mass is 287 g/mol. The Balaban J connectivity index is 2.56. The van der Waals surface area contributed by atoms with Crippen molar-refractivity contribution in [1.82, 2.24) is 5.32 Å². The van der Waals surface area contributed by atoms with Crippen LogP contribution in [-0.2, 0) is 6.54 Å². The molecule has 0 aromatic heterocycles. The Bertz CT molecular complexity index is 347. The van der Waals surface area contributed by atoms with Gasteiger partial charge in [-0.25, -0.2) is 0 Å². The third-order valence-electron chi connectivity index (χ3n) is 2.47. The summed E-state index contributed by atoms with van der Waals surface area (Å²) >= 11 is 8.07. The molecule has 0 saturated carbocycles. The summed E-state index contributed by atoms with van der Waals surface area (Å²) in [5.41, 5.74) is 1.14. The molecule has 2 nitrogen and oxygen atoms in total. The van der Waals surface area contributed by atoms with Gasteiger partial charge in [0.1, 0.15) is 5.75 Å². The highest BCUT2D eigenvalue weighted by molar-refractivity contribution is 7.99. The molecule has 1 aromatic carbocycles. The summed E-state index contributed by atoms with van der Waals surface area (Å²) in [5.74, 6) is 2.96. The van der Waals surface area contributed by atoms with Crippen molar-refractivity contribution in [1.29, 1.82) is 0 Å². The molecule has 0 bridgehead atoms. The molecule has 18 heavy (non-hydrogen) atoms. The maximum Gasteiger partial charge on any atom is 0.142 e. The number of halogens is 1. The van der Waals surface area contributed by atoms with Crippen molar-refractivity contribution in [2.75, 3.05) is 24.7 Å². The number of hydrogen-bond acceptors (Lipinski definition) is 3. The van der Waals surface area contributed by atoms with E-state index < -0.39 is 0 Å². The van der Waals surface area contributed by atoms with Crippen LogP contribution in [0, 0.1) is 0 Å². The lowest BCUT2D eigenvalue weighted by molar-refractivity contribution is 0.339. The van der Waals surface area contributed by atoms with E-state index in [9.17, 15) is 0 Å². The number of hydrogen-bond donors (Lipinski definition) is 1. The van der Waals surface area contributed by atoms with Gasteiger partial charge in [-0.2, -0.15) is 11.8 Å². The summed E-state index contributed by atoms with van der Waals surface area (Å²) in [6, 6.07) is 5.92. The first-order valence-electron chi connectivity index (χ1n) is 6.48. The summed E-state index contributed by atoms with van der Waals surface area (Å²) in [6.45, 7) is 6.84.